The zero-order valence-corrected chi connectivity index (χ0v) is 23.9. The molecule has 5 rings (SSSR count). The van der Waals surface area contributed by atoms with Gasteiger partial charge in [-0.15, -0.1) is 0 Å². The summed E-state index contributed by atoms with van der Waals surface area (Å²) >= 11 is 0. The fourth-order valence-electron chi connectivity index (χ4n) is 4.98. The number of hydrogen-bond donors (Lipinski definition) is 1. The molecule has 7 heteroatoms. The number of aromatic nitrogens is 2. The quantitative estimate of drug-likeness (QED) is 0.264. The molecule has 0 saturated heterocycles. The smallest absolute Gasteiger partial charge is 0.256 e. The minimum absolute atomic E-state index is 0.0876. The molecule has 0 bridgehead atoms. The van der Waals surface area contributed by atoms with Crippen LogP contribution in [0.3, 0.4) is 0 Å². The first-order chi connectivity index (χ1) is 19.8. The molecule has 1 aliphatic heterocycles. The standard InChI is InChI=1S/C34H34N4O3/c1-22-19-23(2)32-28(20-22)29(21-31(37-32)30-11-7-8-17-35-30)33(39)36-26-14-12-25(13-15-26)34(40)38(4)18-16-27-10-6-5-9-24(3)41-27/h7-15,17,19-21H,5-6,16,18H2,1-4H3,(H,36,39). The summed E-state index contributed by atoms with van der Waals surface area (Å²) in [5.74, 6) is 1.46. The summed E-state index contributed by atoms with van der Waals surface area (Å²) in [5, 5.41) is 3.78. The van der Waals surface area contributed by atoms with E-state index in [0.717, 1.165) is 46.4 Å². The lowest BCUT2D eigenvalue weighted by Gasteiger charge is -2.19. The molecule has 7 nitrogen and oxygen atoms in total. The Kier molecular flexibility index (Phi) is 8.24. The van der Waals surface area contributed by atoms with Crippen molar-refractivity contribution in [3.05, 3.63) is 113 Å². The molecule has 0 fully saturated rings. The van der Waals surface area contributed by atoms with Crippen molar-refractivity contribution in [1.29, 1.82) is 0 Å². The van der Waals surface area contributed by atoms with Gasteiger partial charge in [-0.05, 0) is 99.9 Å². The molecule has 208 valence electrons. The highest BCUT2D eigenvalue weighted by Gasteiger charge is 2.18. The number of pyridine rings is 2. The van der Waals surface area contributed by atoms with Gasteiger partial charge in [-0.3, -0.25) is 14.6 Å². The molecule has 0 atom stereocenters. The fraction of sp³-hybridized carbons (Fsp3) is 0.235. The maximum Gasteiger partial charge on any atom is 0.256 e. The molecule has 0 radical (unpaired) electrons. The Morgan fingerprint density at radius 3 is 2.49 bits per heavy atom. The van der Waals surface area contributed by atoms with Crippen LogP contribution in [0.15, 0.2) is 90.5 Å². The Labute approximate surface area is 240 Å². The van der Waals surface area contributed by atoms with Crippen molar-refractivity contribution in [1.82, 2.24) is 14.9 Å². The summed E-state index contributed by atoms with van der Waals surface area (Å²) in [4.78, 5) is 37.6. The van der Waals surface area contributed by atoms with Crippen LogP contribution in [0.25, 0.3) is 22.3 Å². The third-order valence-electron chi connectivity index (χ3n) is 7.11. The molecule has 41 heavy (non-hydrogen) atoms. The largest absolute Gasteiger partial charge is 0.467 e. The Balaban J connectivity index is 1.32. The molecule has 0 aliphatic carbocycles. The molecule has 1 aliphatic rings. The fourth-order valence-corrected chi connectivity index (χ4v) is 4.98. The van der Waals surface area contributed by atoms with E-state index in [4.69, 9.17) is 9.72 Å². The van der Waals surface area contributed by atoms with E-state index >= 15 is 0 Å². The Morgan fingerprint density at radius 2 is 1.73 bits per heavy atom. The van der Waals surface area contributed by atoms with E-state index in [2.05, 4.69) is 28.5 Å². The third kappa shape index (κ3) is 6.52. The number of hydrogen-bond acceptors (Lipinski definition) is 5. The number of nitrogens with zero attached hydrogens (tertiary/aromatic N) is 3. The normalized spacial score (nSPS) is 13.1. The van der Waals surface area contributed by atoms with Crippen LogP contribution >= 0.6 is 0 Å². The number of allylic oxidation sites excluding steroid dienone is 3. The summed E-state index contributed by atoms with van der Waals surface area (Å²) in [5.41, 5.74) is 5.81. The van der Waals surface area contributed by atoms with Crippen LogP contribution in [-0.2, 0) is 4.74 Å². The average Bonchev–Trinajstić information content (AvgIpc) is 3.19. The average molecular weight is 547 g/mol. The maximum atomic E-state index is 13.6. The molecular formula is C34H34N4O3. The van der Waals surface area contributed by atoms with Gasteiger partial charge >= 0.3 is 0 Å². The highest BCUT2D eigenvalue weighted by atomic mass is 16.5. The topological polar surface area (TPSA) is 84.4 Å². The number of anilines is 1. The monoisotopic (exact) mass is 546 g/mol. The number of amides is 2. The summed E-state index contributed by atoms with van der Waals surface area (Å²) in [6, 6.07) is 18.4. The van der Waals surface area contributed by atoms with Crippen molar-refractivity contribution >= 4 is 28.4 Å². The number of rotatable bonds is 7. The van der Waals surface area contributed by atoms with Crippen molar-refractivity contribution in [3.63, 3.8) is 0 Å². The lowest BCUT2D eigenvalue weighted by Crippen LogP contribution is -2.28. The zero-order chi connectivity index (χ0) is 28.9. The minimum Gasteiger partial charge on any atom is -0.467 e. The summed E-state index contributed by atoms with van der Waals surface area (Å²) in [6.07, 6.45) is 8.45. The van der Waals surface area contributed by atoms with Crippen LogP contribution in [0.2, 0.25) is 0 Å². The van der Waals surface area contributed by atoms with Gasteiger partial charge in [0.15, 0.2) is 0 Å². The van der Waals surface area contributed by atoms with Gasteiger partial charge in [-0.1, -0.05) is 17.7 Å². The van der Waals surface area contributed by atoms with Crippen molar-refractivity contribution in [3.8, 4) is 11.4 Å². The zero-order valence-electron chi connectivity index (χ0n) is 23.9. The first kappa shape index (κ1) is 27.8. The van der Waals surface area contributed by atoms with Crippen molar-refractivity contribution in [2.75, 3.05) is 18.9 Å². The highest BCUT2D eigenvalue weighted by Crippen LogP contribution is 2.28. The lowest BCUT2D eigenvalue weighted by atomic mass is 10.00. The summed E-state index contributed by atoms with van der Waals surface area (Å²) in [6.45, 7) is 6.50. The number of benzene rings is 2. The van der Waals surface area contributed by atoms with Crippen LogP contribution in [-0.4, -0.2) is 40.3 Å². The molecule has 4 aromatic rings. The van der Waals surface area contributed by atoms with E-state index in [9.17, 15) is 9.59 Å². The van der Waals surface area contributed by atoms with Gasteiger partial charge in [0.05, 0.1) is 28.2 Å². The summed E-state index contributed by atoms with van der Waals surface area (Å²) in [7, 11) is 1.79. The molecule has 2 aromatic carbocycles. The number of carbonyl (C=O) groups is 2. The molecule has 0 spiro atoms. The predicted octanol–water partition coefficient (Wildman–Crippen LogP) is 7.23. The van der Waals surface area contributed by atoms with Gasteiger partial charge in [-0.2, -0.15) is 0 Å². The molecule has 2 amide bonds. The first-order valence-corrected chi connectivity index (χ1v) is 13.8. The summed E-state index contributed by atoms with van der Waals surface area (Å²) < 4.78 is 5.85. The van der Waals surface area contributed by atoms with Crippen molar-refractivity contribution < 1.29 is 14.3 Å². The van der Waals surface area contributed by atoms with E-state index in [1.54, 1.807) is 48.5 Å². The van der Waals surface area contributed by atoms with Gasteiger partial charge in [0, 0.05) is 42.8 Å². The number of fused-ring (bicyclic) bond motifs is 1. The second-order valence-corrected chi connectivity index (χ2v) is 10.4. The van der Waals surface area contributed by atoms with Crippen molar-refractivity contribution in [2.45, 2.75) is 40.0 Å². The van der Waals surface area contributed by atoms with E-state index in [0.29, 0.717) is 41.2 Å². The number of ether oxygens (including phenoxy) is 1. The van der Waals surface area contributed by atoms with Crippen LogP contribution in [0.1, 0.15) is 58.0 Å². The third-order valence-corrected chi connectivity index (χ3v) is 7.11. The number of aryl methyl sites for hydroxylation is 2. The molecule has 0 unspecified atom stereocenters. The van der Waals surface area contributed by atoms with Gasteiger partial charge in [0.25, 0.3) is 11.8 Å². The van der Waals surface area contributed by atoms with Crippen LogP contribution < -0.4 is 5.32 Å². The molecule has 1 N–H and O–H groups in total. The van der Waals surface area contributed by atoms with E-state index in [1.165, 1.54) is 0 Å². The lowest BCUT2D eigenvalue weighted by molar-refractivity contribution is 0.0791. The van der Waals surface area contributed by atoms with Gasteiger partial charge in [-0.25, -0.2) is 4.98 Å². The Morgan fingerprint density at radius 1 is 0.951 bits per heavy atom. The maximum absolute atomic E-state index is 13.6. The van der Waals surface area contributed by atoms with Gasteiger partial charge < -0.3 is 15.0 Å². The van der Waals surface area contributed by atoms with E-state index in [1.807, 2.05) is 45.0 Å². The number of carbonyl (C=O) groups excluding carboxylic acids is 2. The highest BCUT2D eigenvalue weighted by molar-refractivity contribution is 6.13. The Bertz CT molecular complexity index is 1660. The molecule has 3 heterocycles. The van der Waals surface area contributed by atoms with Crippen LogP contribution in [0, 0.1) is 13.8 Å². The predicted molar refractivity (Wildman–Crippen MR) is 163 cm³/mol. The van der Waals surface area contributed by atoms with Gasteiger partial charge in [0.2, 0.25) is 0 Å². The Hall–Kier alpha value is -4.78. The molecule has 2 aromatic heterocycles. The van der Waals surface area contributed by atoms with Crippen LogP contribution in [0.4, 0.5) is 5.69 Å². The minimum atomic E-state index is -0.253. The van der Waals surface area contributed by atoms with E-state index < -0.39 is 0 Å². The SMILES string of the molecule is CC1=CCCC=C(CCN(C)C(=O)c2ccc(NC(=O)c3cc(-c4ccccn4)nc4c(C)cc(C)cc34)cc2)O1. The van der Waals surface area contributed by atoms with Crippen molar-refractivity contribution in [2.24, 2.45) is 0 Å². The second kappa shape index (κ2) is 12.2. The van der Waals surface area contributed by atoms with Gasteiger partial charge in [0.1, 0.15) is 5.76 Å². The van der Waals surface area contributed by atoms with Crippen LogP contribution in [0.5, 0.6) is 0 Å². The molecule has 0 saturated carbocycles. The number of nitrogens with one attached hydrogen (secondary N) is 1. The van der Waals surface area contributed by atoms with E-state index in [-0.39, 0.29) is 11.8 Å². The molecular weight excluding hydrogens is 512 g/mol. The first-order valence-electron chi connectivity index (χ1n) is 13.8. The second-order valence-electron chi connectivity index (χ2n) is 10.4.